The van der Waals surface area contributed by atoms with E-state index in [-0.39, 0.29) is 11.3 Å². The minimum atomic E-state index is -4.66. The summed E-state index contributed by atoms with van der Waals surface area (Å²) in [6.07, 6.45) is -4.66. The quantitative estimate of drug-likeness (QED) is 0.798. The summed E-state index contributed by atoms with van der Waals surface area (Å²) in [6, 6.07) is 7.69. The second-order valence-electron chi connectivity index (χ2n) is 5.41. The summed E-state index contributed by atoms with van der Waals surface area (Å²) in [6.45, 7) is -0.403. The molecule has 0 aliphatic heterocycles. The molecule has 0 unspecified atom stereocenters. The minimum Gasteiger partial charge on any atom is -0.332 e. The largest absolute Gasteiger partial charge is 0.417 e. The third-order valence-electron chi connectivity index (χ3n) is 3.37. The summed E-state index contributed by atoms with van der Waals surface area (Å²) in [4.78, 5) is 25.2. The van der Waals surface area contributed by atoms with Gasteiger partial charge in [0.2, 0.25) is 5.91 Å². The summed E-state index contributed by atoms with van der Waals surface area (Å²) in [5.74, 6) is -1.74. The van der Waals surface area contributed by atoms with Gasteiger partial charge in [-0.3, -0.25) is 9.59 Å². The normalized spacial score (nSPS) is 11.2. The molecule has 0 fully saturated rings. The number of rotatable bonds is 4. The summed E-state index contributed by atoms with van der Waals surface area (Å²) >= 11 is 5.51. The number of alkyl halides is 3. The molecule has 0 aliphatic rings. The Labute approximate surface area is 151 Å². The smallest absolute Gasteiger partial charge is 0.332 e. The molecule has 2 aromatic rings. The third kappa shape index (κ3) is 4.95. The van der Waals surface area contributed by atoms with Crippen molar-refractivity contribution in [3.05, 3.63) is 64.4 Å². The van der Waals surface area contributed by atoms with Crippen molar-refractivity contribution in [3.63, 3.8) is 0 Å². The van der Waals surface area contributed by atoms with Crippen LogP contribution in [0.2, 0.25) is 5.02 Å². The third-order valence-corrected chi connectivity index (χ3v) is 3.70. The van der Waals surface area contributed by atoms with E-state index in [4.69, 9.17) is 11.6 Å². The molecular formula is C17H13ClF4N2O2. The lowest BCUT2D eigenvalue weighted by Crippen LogP contribution is -2.35. The molecule has 2 amide bonds. The lowest BCUT2D eigenvalue weighted by Gasteiger charge is -2.17. The number of likely N-dealkylation sites (N-methyl/N-ethyl adjacent to an activating group) is 1. The van der Waals surface area contributed by atoms with Gasteiger partial charge in [-0.25, -0.2) is 4.39 Å². The van der Waals surface area contributed by atoms with E-state index in [9.17, 15) is 27.2 Å². The highest BCUT2D eigenvalue weighted by molar-refractivity contribution is 6.31. The summed E-state index contributed by atoms with van der Waals surface area (Å²) in [5.41, 5.74) is -1.00. The molecule has 0 spiro atoms. The molecule has 26 heavy (non-hydrogen) atoms. The van der Waals surface area contributed by atoms with Gasteiger partial charge in [-0.2, -0.15) is 13.2 Å². The van der Waals surface area contributed by atoms with Gasteiger partial charge in [0.05, 0.1) is 17.1 Å². The number of hydrogen-bond donors (Lipinski definition) is 1. The number of carbonyl (C=O) groups excluding carboxylic acids is 2. The zero-order chi connectivity index (χ0) is 19.5. The van der Waals surface area contributed by atoms with Gasteiger partial charge in [0.25, 0.3) is 5.91 Å². The molecule has 0 saturated carbocycles. The van der Waals surface area contributed by atoms with E-state index >= 15 is 0 Å². The fraction of sp³-hybridized carbons (Fsp3) is 0.176. The number of amides is 2. The van der Waals surface area contributed by atoms with Crippen molar-refractivity contribution in [2.45, 2.75) is 6.18 Å². The second-order valence-corrected chi connectivity index (χ2v) is 5.82. The van der Waals surface area contributed by atoms with Crippen molar-refractivity contribution in [2.75, 3.05) is 18.9 Å². The Morgan fingerprint density at radius 1 is 1.12 bits per heavy atom. The van der Waals surface area contributed by atoms with Gasteiger partial charge >= 0.3 is 6.18 Å². The Bertz CT molecular complexity index is 823. The SMILES string of the molecule is CN(CC(=O)Nc1ccc(Cl)c(C(F)(F)F)c1)C(=O)c1ccc(F)cc1. The predicted octanol–water partition coefficient (Wildman–Crippen LogP) is 4.21. The van der Waals surface area contributed by atoms with Crippen LogP contribution in [0.4, 0.5) is 23.2 Å². The number of halogens is 5. The van der Waals surface area contributed by atoms with Gasteiger partial charge in [-0.05, 0) is 42.5 Å². The van der Waals surface area contributed by atoms with E-state index in [1.54, 1.807) is 0 Å². The van der Waals surface area contributed by atoms with Gasteiger partial charge in [0.15, 0.2) is 0 Å². The first kappa shape index (κ1) is 19.7. The molecule has 0 heterocycles. The number of anilines is 1. The number of nitrogens with one attached hydrogen (secondary N) is 1. The molecule has 0 aromatic heterocycles. The van der Waals surface area contributed by atoms with Crippen molar-refractivity contribution < 1.29 is 27.2 Å². The zero-order valence-electron chi connectivity index (χ0n) is 13.4. The van der Waals surface area contributed by atoms with Crippen LogP contribution < -0.4 is 5.32 Å². The Morgan fingerprint density at radius 3 is 2.31 bits per heavy atom. The summed E-state index contributed by atoms with van der Waals surface area (Å²) in [5, 5.41) is 1.79. The van der Waals surface area contributed by atoms with E-state index in [1.165, 1.54) is 25.2 Å². The Hall–Kier alpha value is -2.61. The molecule has 0 saturated heterocycles. The van der Waals surface area contributed by atoms with Crippen molar-refractivity contribution >= 4 is 29.1 Å². The van der Waals surface area contributed by atoms with Crippen molar-refractivity contribution in [2.24, 2.45) is 0 Å². The maximum Gasteiger partial charge on any atom is 0.417 e. The van der Waals surface area contributed by atoms with Gasteiger partial charge in [0, 0.05) is 18.3 Å². The highest BCUT2D eigenvalue weighted by Crippen LogP contribution is 2.36. The Balaban J connectivity index is 2.04. The van der Waals surface area contributed by atoms with Crippen LogP contribution in [-0.4, -0.2) is 30.3 Å². The van der Waals surface area contributed by atoms with Gasteiger partial charge in [-0.15, -0.1) is 0 Å². The average molecular weight is 389 g/mol. The topological polar surface area (TPSA) is 49.4 Å². The van der Waals surface area contributed by atoms with Crippen molar-refractivity contribution in [3.8, 4) is 0 Å². The molecule has 138 valence electrons. The lowest BCUT2D eigenvalue weighted by molar-refractivity contribution is -0.137. The number of hydrogen-bond acceptors (Lipinski definition) is 2. The van der Waals surface area contributed by atoms with Gasteiger partial charge < -0.3 is 10.2 Å². The zero-order valence-corrected chi connectivity index (χ0v) is 14.2. The predicted molar refractivity (Wildman–Crippen MR) is 88.4 cm³/mol. The highest BCUT2D eigenvalue weighted by atomic mass is 35.5. The molecule has 0 bridgehead atoms. The van der Waals surface area contributed by atoms with E-state index in [2.05, 4.69) is 5.32 Å². The molecule has 9 heteroatoms. The number of carbonyl (C=O) groups is 2. The first-order valence-electron chi connectivity index (χ1n) is 7.25. The molecule has 4 nitrogen and oxygen atoms in total. The maximum atomic E-state index is 12.9. The van der Waals surface area contributed by atoms with Crippen LogP contribution in [0.3, 0.4) is 0 Å². The fourth-order valence-corrected chi connectivity index (χ4v) is 2.35. The number of benzene rings is 2. The van der Waals surface area contributed by atoms with Crippen LogP contribution in [0.5, 0.6) is 0 Å². The summed E-state index contributed by atoms with van der Waals surface area (Å²) < 4.78 is 51.3. The fourth-order valence-electron chi connectivity index (χ4n) is 2.12. The standard InChI is InChI=1S/C17H13ClF4N2O2/c1-24(16(26)10-2-4-11(19)5-3-10)9-15(25)23-12-6-7-14(18)13(8-12)17(20,21)22/h2-8H,9H2,1H3,(H,23,25). The first-order chi connectivity index (χ1) is 12.1. The molecular weight excluding hydrogens is 376 g/mol. The molecule has 1 N–H and O–H groups in total. The summed E-state index contributed by atoms with van der Waals surface area (Å²) in [7, 11) is 1.34. The van der Waals surface area contributed by atoms with Crippen LogP contribution in [-0.2, 0) is 11.0 Å². The minimum absolute atomic E-state index is 0.102. The van der Waals surface area contributed by atoms with E-state index in [1.807, 2.05) is 0 Å². The average Bonchev–Trinajstić information content (AvgIpc) is 2.55. The Kier molecular flexibility index (Phi) is 5.86. The van der Waals surface area contributed by atoms with Crippen molar-refractivity contribution in [1.82, 2.24) is 4.90 Å². The first-order valence-corrected chi connectivity index (χ1v) is 7.63. The highest BCUT2D eigenvalue weighted by Gasteiger charge is 2.33. The molecule has 0 aliphatic carbocycles. The van der Waals surface area contributed by atoms with E-state index in [0.717, 1.165) is 23.1 Å². The van der Waals surface area contributed by atoms with E-state index < -0.39 is 40.9 Å². The van der Waals surface area contributed by atoms with Crippen molar-refractivity contribution in [1.29, 1.82) is 0 Å². The Morgan fingerprint density at radius 2 is 1.73 bits per heavy atom. The number of nitrogens with zero attached hydrogens (tertiary/aromatic N) is 1. The maximum absolute atomic E-state index is 12.9. The molecule has 0 radical (unpaired) electrons. The van der Waals surface area contributed by atoms with Crippen LogP contribution >= 0.6 is 11.6 Å². The van der Waals surface area contributed by atoms with Crippen LogP contribution in [0.15, 0.2) is 42.5 Å². The van der Waals surface area contributed by atoms with E-state index in [0.29, 0.717) is 6.07 Å². The van der Waals surface area contributed by atoms with Gasteiger partial charge in [-0.1, -0.05) is 11.6 Å². The molecule has 2 rings (SSSR count). The van der Waals surface area contributed by atoms with Crippen LogP contribution in [0.1, 0.15) is 15.9 Å². The van der Waals surface area contributed by atoms with Gasteiger partial charge in [0.1, 0.15) is 5.82 Å². The molecule has 0 atom stereocenters. The molecule has 2 aromatic carbocycles. The lowest BCUT2D eigenvalue weighted by atomic mass is 10.2. The van der Waals surface area contributed by atoms with Crippen LogP contribution in [0.25, 0.3) is 0 Å². The monoisotopic (exact) mass is 388 g/mol. The van der Waals surface area contributed by atoms with Crippen LogP contribution in [0, 0.1) is 5.82 Å². The second kappa shape index (κ2) is 7.74.